The summed E-state index contributed by atoms with van der Waals surface area (Å²) in [5, 5.41) is 5.09. The normalized spacial score (nSPS) is 12.5. The number of benzene rings is 12. The fourth-order valence-corrected chi connectivity index (χ4v) is 12.9. The molecule has 1 aliphatic rings. The van der Waals surface area contributed by atoms with Gasteiger partial charge in [-0.25, -0.2) is 0 Å². The molecule has 0 fully saturated rings. The van der Waals surface area contributed by atoms with Gasteiger partial charge in [-0.2, -0.15) is 0 Å². The van der Waals surface area contributed by atoms with Gasteiger partial charge in [-0.3, -0.25) is 0 Å². The minimum absolute atomic E-state index is 0.510. The van der Waals surface area contributed by atoms with E-state index >= 15 is 0 Å². The average Bonchev–Trinajstić information content (AvgIpc) is 4.01. The molecule has 1 heterocycles. The van der Waals surface area contributed by atoms with Gasteiger partial charge in [0, 0.05) is 26.7 Å². The van der Waals surface area contributed by atoms with Crippen molar-refractivity contribution >= 4 is 59.3 Å². The molecule has 1 aliphatic carbocycles. The number of rotatable bonds is 9. The van der Waals surface area contributed by atoms with E-state index in [9.17, 15) is 0 Å². The zero-order valence-corrected chi connectivity index (χ0v) is 40.8. The maximum atomic E-state index is 2.52. The Kier molecular flexibility index (Phi) is 10.3. The van der Waals surface area contributed by atoms with E-state index in [2.05, 4.69) is 290 Å². The predicted octanol–water partition coefficient (Wildman–Crippen LogP) is 19.7. The van der Waals surface area contributed by atoms with Crippen LogP contribution in [0.3, 0.4) is 0 Å². The molecule has 0 amide bonds. The number of hydrogen-bond acceptors (Lipinski definition) is 2. The van der Waals surface area contributed by atoms with Gasteiger partial charge in [-0.15, -0.1) is 11.3 Å². The monoisotopic (exact) mass is 945 g/mol. The summed E-state index contributed by atoms with van der Waals surface area (Å²) in [5.41, 5.74) is 20.2. The summed E-state index contributed by atoms with van der Waals surface area (Å²) < 4.78 is 2.56. The molecule has 0 saturated heterocycles. The summed E-state index contributed by atoms with van der Waals surface area (Å²) in [7, 11) is 0. The summed E-state index contributed by atoms with van der Waals surface area (Å²) in [6, 6.07) is 105. The molecule has 0 spiro atoms. The van der Waals surface area contributed by atoms with Crippen molar-refractivity contribution in [3.8, 4) is 55.6 Å². The van der Waals surface area contributed by atoms with Crippen molar-refractivity contribution in [1.29, 1.82) is 0 Å². The van der Waals surface area contributed by atoms with Crippen LogP contribution in [0.25, 0.3) is 86.6 Å². The van der Waals surface area contributed by atoms with Crippen LogP contribution in [0, 0.1) is 0 Å². The topological polar surface area (TPSA) is 3.24 Å². The Balaban J connectivity index is 0.823. The van der Waals surface area contributed by atoms with Crippen molar-refractivity contribution in [2.24, 2.45) is 0 Å². The molecule has 12 aromatic carbocycles. The van der Waals surface area contributed by atoms with Crippen molar-refractivity contribution in [3.05, 3.63) is 307 Å². The van der Waals surface area contributed by atoms with Crippen LogP contribution in [-0.4, -0.2) is 0 Å². The number of thiophene rings is 1. The molecular formula is C71H47NS. The first-order chi connectivity index (χ1) is 36.2. The van der Waals surface area contributed by atoms with Crippen molar-refractivity contribution in [1.82, 2.24) is 0 Å². The van der Waals surface area contributed by atoms with E-state index in [1.54, 1.807) is 0 Å². The van der Waals surface area contributed by atoms with E-state index in [-0.39, 0.29) is 0 Å². The van der Waals surface area contributed by atoms with Crippen LogP contribution in [-0.2, 0) is 5.41 Å². The van der Waals surface area contributed by atoms with Crippen molar-refractivity contribution in [3.63, 3.8) is 0 Å². The Bertz CT molecular complexity index is 4110. The fourth-order valence-electron chi connectivity index (χ4n) is 11.7. The van der Waals surface area contributed by atoms with Gasteiger partial charge in [0.2, 0.25) is 0 Å². The lowest BCUT2D eigenvalue weighted by molar-refractivity contribution is 0.768. The molecule has 13 aromatic rings. The van der Waals surface area contributed by atoms with E-state index in [0.29, 0.717) is 0 Å². The Morgan fingerprint density at radius 3 is 1.38 bits per heavy atom. The summed E-state index contributed by atoms with van der Waals surface area (Å²) in [6.45, 7) is 0. The fraction of sp³-hybridized carbons (Fsp3) is 0.0141. The Morgan fingerprint density at radius 1 is 0.301 bits per heavy atom. The van der Waals surface area contributed by atoms with E-state index in [0.717, 1.165) is 11.4 Å². The second-order valence-corrected chi connectivity index (χ2v) is 20.2. The highest BCUT2D eigenvalue weighted by atomic mass is 32.1. The standard InChI is InChI=1S/C71H47NS/c1-3-17-58(18-4-1)71(59-19-5-2-6-20-59)64-24-11-9-22-63(64)69-65(71)25-14-26-66(69)72(67-27-13-23-62-61-21-10-12-28-68(61)73-70(62)67)60-45-43-54(44-46-60)53-35-33-50(34-36-53)49-29-31-51(32-30-49)52-37-39-55(40-38-52)57-42-41-48-15-7-8-16-56(48)47-57/h1-47H. The number of anilines is 3. The molecule has 1 nitrogen and oxygen atoms in total. The smallest absolute Gasteiger partial charge is 0.0714 e. The molecule has 1 aromatic heterocycles. The minimum Gasteiger partial charge on any atom is -0.308 e. The largest absolute Gasteiger partial charge is 0.308 e. The molecule has 0 atom stereocenters. The summed E-state index contributed by atoms with van der Waals surface area (Å²) in [5.74, 6) is 0. The molecule has 0 saturated carbocycles. The molecule has 73 heavy (non-hydrogen) atoms. The van der Waals surface area contributed by atoms with E-state index < -0.39 is 5.41 Å². The van der Waals surface area contributed by atoms with Gasteiger partial charge in [-0.05, 0) is 119 Å². The maximum absolute atomic E-state index is 2.52. The zero-order chi connectivity index (χ0) is 48.3. The van der Waals surface area contributed by atoms with E-state index in [4.69, 9.17) is 0 Å². The molecular weight excluding hydrogens is 899 g/mol. The molecule has 0 bridgehead atoms. The van der Waals surface area contributed by atoms with Crippen LogP contribution in [0.1, 0.15) is 22.3 Å². The average molecular weight is 946 g/mol. The molecule has 2 heteroatoms. The minimum atomic E-state index is -0.510. The van der Waals surface area contributed by atoms with Crippen molar-refractivity contribution in [2.75, 3.05) is 4.90 Å². The third-order valence-corrected chi connectivity index (χ3v) is 16.4. The summed E-state index contributed by atoms with van der Waals surface area (Å²) >= 11 is 1.88. The predicted molar refractivity (Wildman–Crippen MR) is 311 cm³/mol. The summed E-state index contributed by atoms with van der Waals surface area (Å²) in [4.78, 5) is 2.52. The van der Waals surface area contributed by atoms with Crippen molar-refractivity contribution < 1.29 is 0 Å². The Hall–Kier alpha value is -9.08. The van der Waals surface area contributed by atoms with Crippen LogP contribution in [0.2, 0.25) is 0 Å². The van der Waals surface area contributed by atoms with Crippen LogP contribution >= 0.6 is 11.3 Å². The quantitative estimate of drug-likeness (QED) is 0.139. The lowest BCUT2D eigenvalue weighted by Crippen LogP contribution is -2.28. The van der Waals surface area contributed by atoms with Gasteiger partial charge >= 0.3 is 0 Å². The first kappa shape index (κ1) is 42.8. The molecule has 14 rings (SSSR count). The Labute approximate surface area is 430 Å². The van der Waals surface area contributed by atoms with Gasteiger partial charge in [0.05, 0.1) is 21.5 Å². The first-order valence-electron chi connectivity index (χ1n) is 25.1. The van der Waals surface area contributed by atoms with Gasteiger partial charge in [0.1, 0.15) is 0 Å². The van der Waals surface area contributed by atoms with Gasteiger partial charge in [0.25, 0.3) is 0 Å². The lowest BCUT2D eigenvalue weighted by Gasteiger charge is -2.34. The van der Waals surface area contributed by atoms with Gasteiger partial charge in [-0.1, -0.05) is 249 Å². The highest BCUT2D eigenvalue weighted by molar-refractivity contribution is 7.26. The van der Waals surface area contributed by atoms with Gasteiger partial charge < -0.3 is 4.90 Å². The van der Waals surface area contributed by atoms with Gasteiger partial charge in [0.15, 0.2) is 0 Å². The van der Waals surface area contributed by atoms with Crippen LogP contribution < -0.4 is 4.90 Å². The van der Waals surface area contributed by atoms with Crippen LogP contribution in [0.15, 0.2) is 285 Å². The second kappa shape index (κ2) is 17.6. The summed E-state index contributed by atoms with van der Waals surface area (Å²) in [6.07, 6.45) is 0. The second-order valence-electron chi connectivity index (χ2n) is 19.2. The number of nitrogens with zero attached hydrogens (tertiary/aromatic N) is 1. The molecule has 0 aliphatic heterocycles. The SMILES string of the molecule is c1ccc(C2(c3ccccc3)c3ccccc3-c3c(N(c4ccc(-c5ccc(-c6ccc(-c7ccc(-c8ccc9ccccc9c8)cc7)cc6)cc5)cc4)c4cccc5c4sc4ccccc45)cccc32)cc1. The number of hydrogen-bond donors (Lipinski definition) is 0. The number of fused-ring (bicyclic) bond motifs is 7. The molecule has 342 valence electrons. The lowest BCUT2D eigenvalue weighted by atomic mass is 9.68. The third-order valence-electron chi connectivity index (χ3n) is 15.2. The van der Waals surface area contributed by atoms with E-state index in [1.807, 2.05) is 11.3 Å². The van der Waals surface area contributed by atoms with Crippen LogP contribution in [0.5, 0.6) is 0 Å². The Morgan fingerprint density at radius 2 is 0.753 bits per heavy atom. The van der Waals surface area contributed by atoms with E-state index in [1.165, 1.54) is 115 Å². The van der Waals surface area contributed by atoms with Crippen LogP contribution in [0.4, 0.5) is 17.1 Å². The highest BCUT2D eigenvalue weighted by Gasteiger charge is 2.47. The maximum Gasteiger partial charge on any atom is 0.0714 e. The zero-order valence-electron chi connectivity index (χ0n) is 40.0. The molecule has 0 N–H and O–H groups in total. The first-order valence-corrected chi connectivity index (χ1v) is 26.0. The molecule has 0 unspecified atom stereocenters. The van der Waals surface area contributed by atoms with Crippen molar-refractivity contribution in [2.45, 2.75) is 5.41 Å². The molecule has 0 radical (unpaired) electrons. The highest BCUT2D eigenvalue weighted by Crippen LogP contribution is 2.60. The third kappa shape index (κ3) is 7.13.